The zero-order chi connectivity index (χ0) is 8.39. The van der Waals surface area contributed by atoms with Gasteiger partial charge in [-0.25, -0.2) is 4.52 Å². The predicted molar refractivity (Wildman–Crippen MR) is 45.7 cm³/mol. The highest BCUT2D eigenvalue weighted by molar-refractivity contribution is 5.51. The van der Waals surface area contributed by atoms with Crippen molar-refractivity contribution in [1.29, 1.82) is 0 Å². The average molecular weight is 162 g/mol. The van der Waals surface area contributed by atoms with E-state index in [-0.39, 0.29) is 0 Å². The van der Waals surface area contributed by atoms with Gasteiger partial charge in [-0.1, -0.05) is 0 Å². The van der Waals surface area contributed by atoms with Gasteiger partial charge in [0.1, 0.15) is 0 Å². The summed E-state index contributed by atoms with van der Waals surface area (Å²) < 4.78 is 1.80. The molecule has 0 aliphatic carbocycles. The van der Waals surface area contributed by atoms with Crippen molar-refractivity contribution in [2.75, 3.05) is 6.54 Å². The second kappa shape index (κ2) is 2.91. The maximum Gasteiger partial charge on any atom is 0.0877 e. The Kier molecular flexibility index (Phi) is 1.75. The smallest absolute Gasteiger partial charge is 0.0877 e. The molecule has 0 saturated heterocycles. The van der Waals surface area contributed by atoms with Gasteiger partial charge >= 0.3 is 0 Å². The Morgan fingerprint density at radius 3 is 3.17 bits per heavy atom. The van der Waals surface area contributed by atoms with Crippen molar-refractivity contribution >= 4 is 5.52 Å². The summed E-state index contributed by atoms with van der Waals surface area (Å²) in [5.74, 6) is 0. The Hall–Kier alpha value is -1.42. The molecule has 0 spiro atoms. The van der Waals surface area contributed by atoms with Crippen LogP contribution in [0.25, 0.3) is 5.52 Å². The number of hydrogen-bond donors (Lipinski definition) is 1. The van der Waals surface area contributed by atoms with Gasteiger partial charge in [0.15, 0.2) is 0 Å². The Labute approximate surface area is 70.0 Å². The second-order valence-electron chi connectivity index (χ2n) is 2.61. The van der Waals surface area contributed by atoms with Crippen LogP contribution >= 0.6 is 0 Å². The summed E-state index contributed by atoms with van der Waals surface area (Å²) in [5, 5.41) is 4.16. The van der Waals surface area contributed by atoms with E-state index in [9.17, 15) is 0 Å². The van der Waals surface area contributed by atoms with Gasteiger partial charge in [-0.3, -0.25) is 4.98 Å². The van der Waals surface area contributed by atoms with Crippen molar-refractivity contribution in [3.05, 3.63) is 30.4 Å². The van der Waals surface area contributed by atoms with Crippen LogP contribution in [-0.4, -0.2) is 21.1 Å². The highest BCUT2D eigenvalue weighted by Gasteiger charge is 2.00. The number of nitrogens with two attached hydrogens (primary N) is 1. The maximum absolute atomic E-state index is 5.45. The SMILES string of the molecule is NCCc1cnn2ccncc12. The monoisotopic (exact) mass is 162 g/mol. The number of fused-ring (bicyclic) bond motifs is 1. The van der Waals surface area contributed by atoms with Crippen molar-refractivity contribution in [1.82, 2.24) is 14.6 Å². The maximum atomic E-state index is 5.45. The van der Waals surface area contributed by atoms with E-state index >= 15 is 0 Å². The van der Waals surface area contributed by atoms with Crippen LogP contribution in [-0.2, 0) is 6.42 Å². The molecule has 2 aromatic heterocycles. The van der Waals surface area contributed by atoms with Gasteiger partial charge < -0.3 is 5.73 Å². The van der Waals surface area contributed by atoms with Crippen LogP contribution < -0.4 is 5.73 Å². The van der Waals surface area contributed by atoms with Gasteiger partial charge in [-0.2, -0.15) is 5.10 Å². The van der Waals surface area contributed by atoms with Crippen molar-refractivity contribution < 1.29 is 0 Å². The quantitative estimate of drug-likeness (QED) is 0.687. The average Bonchev–Trinajstić information content (AvgIpc) is 2.50. The van der Waals surface area contributed by atoms with E-state index in [0.717, 1.165) is 17.5 Å². The van der Waals surface area contributed by atoms with Crippen LogP contribution in [0.3, 0.4) is 0 Å². The van der Waals surface area contributed by atoms with Gasteiger partial charge in [-0.05, 0) is 13.0 Å². The summed E-state index contributed by atoms with van der Waals surface area (Å²) >= 11 is 0. The van der Waals surface area contributed by atoms with E-state index in [1.54, 1.807) is 16.9 Å². The molecule has 12 heavy (non-hydrogen) atoms. The van der Waals surface area contributed by atoms with Crippen molar-refractivity contribution in [3.8, 4) is 0 Å². The summed E-state index contributed by atoms with van der Waals surface area (Å²) in [7, 11) is 0. The van der Waals surface area contributed by atoms with Gasteiger partial charge in [0.2, 0.25) is 0 Å². The van der Waals surface area contributed by atoms with Crippen LogP contribution in [0.5, 0.6) is 0 Å². The van der Waals surface area contributed by atoms with Crippen LogP contribution in [0.4, 0.5) is 0 Å². The predicted octanol–water partition coefficient (Wildman–Crippen LogP) is 0.230. The molecule has 0 atom stereocenters. The third-order valence-corrected chi connectivity index (χ3v) is 1.82. The van der Waals surface area contributed by atoms with Crippen LogP contribution in [0.15, 0.2) is 24.8 Å². The van der Waals surface area contributed by atoms with Gasteiger partial charge in [0.05, 0.1) is 17.9 Å². The summed E-state index contributed by atoms with van der Waals surface area (Å²) in [5.41, 5.74) is 7.66. The molecule has 2 aromatic rings. The molecule has 0 unspecified atom stereocenters. The highest BCUT2D eigenvalue weighted by atomic mass is 15.2. The standard InChI is InChI=1S/C8H10N4/c9-2-1-7-5-11-12-4-3-10-6-8(7)12/h3-6H,1-2,9H2. The molecule has 4 heteroatoms. The molecular formula is C8H10N4. The van der Waals surface area contributed by atoms with Crippen LogP contribution in [0.1, 0.15) is 5.56 Å². The topological polar surface area (TPSA) is 56.2 Å². The molecule has 0 saturated carbocycles. The third kappa shape index (κ3) is 1.06. The molecule has 0 aliphatic heterocycles. The Bertz CT molecular complexity index is 379. The van der Waals surface area contributed by atoms with Gasteiger partial charge in [0, 0.05) is 18.0 Å². The summed E-state index contributed by atoms with van der Waals surface area (Å²) in [6.45, 7) is 0.649. The molecule has 0 amide bonds. The molecular weight excluding hydrogens is 152 g/mol. The number of nitrogens with zero attached hydrogens (tertiary/aromatic N) is 3. The molecule has 62 valence electrons. The molecule has 2 N–H and O–H groups in total. The minimum Gasteiger partial charge on any atom is -0.330 e. The zero-order valence-electron chi connectivity index (χ0n) is 6.64. The second-order valence-corrected chi connectivity index (χ2v) is 2.61. The van der Waals surface area contributed by atoms with E-state index in [2.05, 4.69) is 10.1 Å². The third-order valence-electron chi connectivity index (χ3n) is 1.82. The lowest BCUT2D eigenvalue weighted by Gasteiger charge is -1.93. The lowest BCUT2D eigenvalue weighted by Crippen LogP contribution is -2.02. The molecule has 2 heterocycles. The van der Waals surface area contributed by atoms with E-state index < -0.39 is 0 Å². The van der Waals surface area contributed by atoms with Crippen molar-refractivity contribution in [3.63, 3.8) is 0 Å². The molecule has 0 bridgehead atoms. The fourth-order valence-electron chi connectivity index (χ4n) is 1.23. The molecule has 0 fully saturated rings. The largest absolute Gasteiger partial charge is 0.330 e. The molecule has 2 rings (SSSR count). The first-order valence-corrected chi connectivity index (χ1v) is 3.88. The first-order valence-electron chi connectivity index (χ1n) is 3.88. The summed E-state index contributed by atoms with van der Waals surface area (Å²) in [6.07, 6.45) is 8.04. The lowest BCUT2D eigenvalue weighted by atomic mass is 10.2. The molecule has 0 radical (unpaired) electrons. The van der Waals surface area contributed by atoms with E-state index in [1.165, 1.54) is 0 Å². The first-order chi connectivity index (χ1) is 5.92. The normalized spacial score (nSPS) is 10.8. The minimum atomic E-state index is 0.649. The van der Waals surface area contributed by atoms with E-state index in [1.807, 2.05) is 12.4 Å². The molecule has 4 nitrogen and oxygen atoms in total. The fourth-order valence-corrected chi connectivity index (χ4v) is 1.23. The minimum absolute atomic E-state index is 0.649. The van der Waals surface area contributed by atoms with Gasteiger partial charge in [0.25, 0.3) is 0 Å². The van der Waals surface area contributed by atoms with Crippen LogP contribution in [0.2, 0.25) is 0 Å². The van der Waals surface area contributed by atoms with Crippen LogP contribution in [0, 0.1) is 0 Å². The van der Waals surface area contributed by atoms with Crippen molar-refractivity contribution in [2.24, 2.45) is 5.73 Å². The summed E-state index contributed by atoms with van der Waals surface area (Å²) in [4.78, 5) is 4.03. The molecule has 0 aromatic carbocycles. The number of hydrogen-bond acceptors (Lipinski definition) is 3. The Balaban J connectivity index is 2.55. The number of aromatic nitrogens is 3. The Morgan fingerprint density at radius 1 is 1.42 bits per heavy atom. The Morgan fingerprint density at radius 2 is 2.33 bits per heavy atom. The number of rotatable bonds is 2. The zero-order valence-corrected chi connectivity index (χ0v) is 6.64. The lowest BCUT2D eigenvalue weighted by molar-refractivity contribution is 0.946. The molecule has 0 aliphatic rings. The van der Waals surface area contributed by atoms with Crippen molar-refractivity contribution in [2.45, 2.75) is 6.42 Å². The first kappa shape index (κ1) is 7.24. The van der Waals surface area contributed by atoms with E-state index in [4.69, 9.17) is 5.73 Å². The fraction of sp³-hybridized carbons (Fsp3) is 0.250. The van der Waals surface area contributed by atoms with E-state index in [0.29, 0.717) is 6.54 Å². The highest BCUT2D eigenvalue weighted by Crippen LogP contribution is 2.07. The summed E-state index contributed by atoms with van der Waals surface area (Å²) in [6, 6.07) is 0. The van der Waals surface area contributed by atoms with Gasteiger partial charge in [-0.15, -0.1) is 0 Å².